The molecule has 9 nitrogen and oxygen atoms in total. The summed E-state index contributed by atoms with van der Waals surface area (Å²) in [5.41, 5.74) is 8.51. The molecule has 0 radical (unpaired) electrons. The van der Waals surface area contributed by atoms with Crippen LogP contribution in [0.5, 0.6) is 6.01 Å². The molecule has 4 aromatic rings. The molecule has 0 aliphatic heterocycles. The zero-order chi connectivity index (χ0) is 23.9. The van der Waals surface area contributed by atoms with Gasteiger partial charge in [0.1, 0.15) is 6.61 Å². The molecule has 9 heteroatoms. The van der Waals surface area contributed by atoms with Gasteiger partial charge in [-0.05, 0) is 61.6 Å². The van der Waals surface area contributed by atoms with Crippen molar-refractivity contribution in [2.75, 3.05) is 18.5 Å². The zero-order valence-electron chi connectivity index (χ0n) is 19.7. The number of rotatable bonds is 10. The van der Waals surface area contributed by atoms with E-state index in [1.807, 2.05) is 13.8 Å². The molecule has 4 rings (SSSR count). The molecular formula is C25H29N7O2. The Morgan fingerprint density at radius 3 is 2.41 bits per heavy atom. The first-order chi connectivity index (χ1) is 16.5. The maximum Gasteiger partial charge on any atom is 0.316 e. The number of benzene rings is 2. The summed E-state index contributed by atoms with van der Waals surface area (Å²) in [5, 5.41) is 26.6. The van der Waals surface area contributed by atoms with Gasteiger partial charge in [-0.25, -0.2) is 0 Å². The van der Waals surface area contributed by atoms with Crippen LogP contribution in [0.3, 0.4) is 0 Å². The predicted octanol–water partition coefficient (Wildman–Crippen LogP) is 3.35. The van der Waals surface area contributed by atoms with E-state index in [-0.39, 0.29) is 13.2 Å². The molecule has 0 saturated heterocycles. The van der Waals surface area contributed by atoms with Crippen molar-refractivity contribution in [3.8, 4) is 17.1 Å². The van der Waals surface area contributed by atoms with Crippen LogP contribution in [0.4, 0.5) is 5.69 Å². The maximum absolute atomic E-state index is 8.98. The molecule has 2 aromatic carbocycles. The molecule has 2 aromatic heterocycles. The van der Waals surface area contributed by atoms with Gasteiger partial charge in [-0.1, -0.05) is 35.5 Å². The normalized spacial score (nSPS) is 10.9. The van der Waals surface area contributed by atoms with Gasteiger partial charge >= 0.3 is 6.01 Å². The summed E-state index contributed by atoms with van der Waals surface area (Å²) in [5.74, 6) is 0.723. The van der Waals surface area contributed by atoms with Crippen molar-refractivity contribution in [2.24, 2.45) is 0 Å². The third kappa shape index (κ3) is 5.55. The average Bonchev–Trinajstić information content (AvgIpc) is 3.36. The van der Waals surface area contributed by atoms with Gasteiger partial charge in [-0.15, -0.1) is 10.2 Å². The smallest absolute Gasteiger partial charge is 0.316 e. The van der Waals surface area contributed by atoms with Crippen molar-refractivity contribution < 1.29 is 9.84 Å². The quantitative estimate of drug-likeness (QED) is 0.330. The van der Waals surface area contributed by atoms with E-state index in [1.165, 1.54) is 16.7 Å². The highest BCUT2D eigenvalue weighted by molar-refractivity contribution is 5.72. The summed E-state index contributed by atoms with van der Waals surface area (Å²) in [6.07, 6.45) is 1.62. The Morgan fingerprint density at radius 1 is 0.971 bits per heavy atom. The van der Waals surface area contributed by atoms with Crippen LogP contribution in [0.25, 0.3) is 11.1 Å². The van der Waals surface area contributed by atoms with Crippen LogP contribution in [0.2, 0.25) is 0 Å². The molecule has 0 unspecified atom stereocenters. The van der Waals surface area contributed by atoms with Gasteiger partial charge in [0.25, 0.3) is 0 Å². The minimum Gasteiger partial charge on any atom is -0.461 e. The van der Waals surface area contributed by atoms with E-state index in [9.17, 15) is 0 Å². The van der Waals surface area contributed by atoms with E-state index in [1.54, 1.807) is 0 Å². The number of nitrogens with zero attached hydrogens (tertiary/aromatic N) is 5. The van der Waals surface area contributed by atoms with Crippen molar-refractivity contribution >= 4 is 5.69 Å². The summed E-state index contributed by atoms with van der Waals surface area (Å²) >= 11 is 0. The molecule has 34 heavy (non-hydrogen) atoms. The van der Waals surface area contributed by atoms with Crippen LogP contribution >= 0.6 is 0 Å². The number of ether oxygens (including phenoxy) is 1. The first-order valence-electron chi connectivity index (χ1n) is 11.3. The second-order valence-corrected chi connectivity index (χ2v) is 8.09. The fraction of sp³-hybridized carbons (Fsp3) is 0.320. The lowest BCUT2D eigenvalue weighted by Crippen LogP contribution is -2.08. The molecule has 176 valence electrons. The minimum absolute atomic E-state index is 0.0691. The van der Waals surface area contributed by atoms with Crippen LogP contribution in [0.15, 0.2) is 42.5 Å². The van der Waals surface area contributed by atoms with E-state index >= 15 is 0 Å². The second-order valence-electron chi connectivity index (χ2n) is 8.09. The van der Waals surface area contributed by atoms with E-state index in [2.05, 4.69) is 85.3 Å². The Balaban J connectivity index is 1.44. The first-order valence-corrected chi connectivity index (χ1v) is 11.3. The molecule has 0 aliphatic carbocycles. The number of H-pyrrole nitrogens is 1. The number of aliphatic hydroxyl groups is 1. The highest BCUT2D eigenvalue weighted by Crippen LogP contribution is 2.31. The van der Waals surface area contributed by atoms with E-state index in [0.29, 0.717) is 12.6 Å². The zero-order valence-corrected chi connectivity index (χ0v) is 19.7. The highest BCUT2D eigenvalue weighted by Gasteiger charge is 2.15. The summed E-state index contributed by atoms with van der Waals surface area (Å²) in [6, 6.07) is 15.0. The molecule has 0 spiro atoms. The lowest BCUT2D eigenvalue weighted by Gasteiger charge is -2.16. The van der Waals surface area contributed by atoms with E-state index in [0.717, 1.165) is 46.9 Å². The second kappa shape index (κ2) is 10.8. The Bertz CT molecular complexity index is 1200. The number of aryl methyl sites for hydroxylation is 4. The standard InChI is InChI=1S/C25H29N7O2/c1-16-20(15-26-21-10-7-19(8-11-21)9-12-23-29-31-32-30-23)5-4-6-22(16)24-17(2)27-25(28-18(24)3)34-14-13-33/h4-8,10-11,26,33H,9,12-15H2,1-3H3,(H,29,30,31,32). The lowest BCUT2D eigenvalue weighted by atomic mass is 9.94. The van der Waals surface area contributed by atoms with Crippen molar-refractivity contribution in [1.82, 2.24) is 30.6 Å². The average molecular weight is 460 g/mol. The summed E-state index contributed by atoms with van der Waals surface area (Å²) in [6.45, 7) is 6.86. The van der Waals surface area contributed by atoms with Crippen LogP contribution in [-0.2, 0) is 19.4 Å². The summed E-state index contributed by atoms with van der Waals surface area (Å²) in [4.78, 5) is 8.96. The Morgan fingerprint density at radius 2 is 1.74 bits per heavy atom. The summed E-state index contributed by atoms with van der Waals surface area (Å²) in [7, 11) is 0. The SMILES string of the molecule is Cc1nc(OCCO)nc(C)c1-c1cccc(CNc2ccc(CCc3nn[nH]n3)cc2)c1C. The number of anilines is 1. The fourth-order valence-electron chi connectivity index (χ4n) is 3.95. The number of nitrogens with one attached hydrogen (secondary N) is 2. The van der Waals surface area contributed by atoms with Crippen molar-refractivity contribution in [3.05, 3.63) is 76.4 Å². The van der Waals surface area contributed by atoms with Crippen LogP contribution < -0.4 is 10.1 Å². The Labute approximate surface area is 198 Å². The molecule has 0 atom stereocenters. The number of aromatic amines is 1. The van der Waals surface area contributed by atoms with Crippen LogP contribution in [0.1, 0.15) is 33.9 Å². The molecule has 0 fully saturated rings. The van der Waals surface area contributed by atoms with Gasteiger partial charge in [0.05, 0.1) is 18.0 Å². The Hall–Kier alpha value is -3.85. The predicted molar refractivity (Wildman–Crippen MR) is 130 cm³/mol. The molecule has 2 heterocycles. The number of aromatic nitrogens is 6. The maximum atomic E-state index is 8.98. The molecule has 0 aliphatic rings. The largest absolute Gasteiger partial charge is 0.461 e. The number of hydrogen-bond donors (Lipinski definition) is 3. The molecule has 0 bridgehead atoms. The van der Waals surface area contributed by atoms with Crippen molar-refractivity contribution in [2.45, 2.75) is 40.2 Å². The number of hydrogen-bond acceptors (Lipinski definition) is 8. The third-order valence-electron chi connectivity index (χ3n) is 5.75. The lowest BCUT2D eigenvalue weighted by molar-refractivity contribution is 0.191. The molecular weight excluding hydrogens is 430 g/mol. The van der Waals surface area contributed by atoms with Gasteiger partial charge in [0, 0.05) is 24.2 Å². The van der Waals surface area contributed by atoms with Gasteiger partial charge in [0.2, 0.25) is 0 Å². The van der Waals surface area contributed by atoms with Crippen LogP contribution in [-0.4, -0.2) is 48.9 Å². The van der Waals surface area contributed by atoms with Crippen molar-refractivity contribution in [1.29, 1.82) is 0 Å². The molecule has 3 N–H and O–H groups in total. The highest BCUT2D eigenvalue weighted by atomic mass is 16.5. The first kappa shape index (κ1) is 23.3. The third-order valence-corrected chi connectivity index (χ3v) is 5.75. The van der Waals surface area contributed by atoms with Gasteiger partial charge in [0.15, 0.2) is 5.82 Å². The van der Waals surface area contributed by atoms with Gasteiger partial charge in [-0.3, -0.25) is 0 Å². The monoisotopic (exact) mass is 459 g/mol. The summed E-state index contributed by atoms with van der Waals surface area (Å²) < 4.78 is 5.40. The van der Waals surface area contributed by atoms with E-state index in [4.69, 9.17) is 9.84 Å². The Kier molecular flexibility index (Phi) is 7.44. The minimum atomic E-state index is -0.0691. The van der Waals surface area contributed by atoms with Crippen LogP contribution in [0, 0.1) is 20.8 Å². The molecule has 0 amide bonds. The van der Waals surface area contributed by atoms with Gasteiger partial charge < -0.3 is 15.2 Å². The number of tetrazole rings is 1. The molecule has 0 saturated carbocycles. The van der Waals surface area contributed by atoms with E-state index < -0.39 is 0 Å². The number of aliphatic hydroxyl groups excluding tert-OH is 1. The van der Waals surface area contributed by atoms with Crippen molar-refractivity contribution in [3.63, 3.8) is 0 Å². The topological polar surface area (TPSA) is 122 Å². The fourth-order valence-corrected chi connectivity index (χ4v) is 3.95. The van der Waals surface area contributed by atoms with Gasteiger partial charge in [-0.2, -0.15) is 15.2 Å².